The molecule has 1 fully saturated rings. The monoisotopic (exact) mass is 312 g/mol. The summed E-state index contributed by atoms with van der Waals surface area (Å²) in [6.45, 7) is 8.09. The molecule has 1 N–H and O–H groups in total. The standard InChI is InChI=1S/C14H24N4O2S/c1-4-12-16-13(15-5-2)11(3)14(17-12)18-7-6-9-21(19,20)10-8-18/h4-10H2,1-3H3,(H,15,16,17). The maximum atomic E-state index is 11.8. The van der Waals surface area contributed by atoms with E-state index in [-0.39, 0.29) is 11.5 Å². The van der Waals surface area contributed by atoms with Gasteiger partial charge in [-0.25, -0.2) is 18.4 Å². The van der Waals surface area contributed by atoms with Crippen molar-refractivity contribution < 1.29 is 8.42 Å². The van der Waals surface area contributed by atoms with E-state index in [1.807, 2.05) is 20.8 Å². The van der Waals surface area contributed by atoms with Crippen molar-refractivity contribution in [2.24, 2.45) is 0 Å². The lowest BCUT2D eigenvalue weighted by molar-refractivity contribution is 0.597. The fraction of sp³-hybridized carbons (Fsp3) is 0.714. The molecular weight excluding hydrogens is 288 g/mol. The lowest BCUT2D eigenvalue weighted by Crippen LogP contribution is -2.29. The van der Waals surface area contributed by atoms with Crippen LogP contribution in [0.2, 0.25) is 0 Å². The molecule has 118 valence electrons. The normalized spacial score (nSPS) is 18.3. The predicted octanol–water partition coefficient (Wildman–Crippen LogP) is 1.40. The lowest BCUT2D eigenvalue weighted by Gasteiger charge is -2.24. The molecule has 0 amide bonds. The summed E-state index contributed by atoms with van der Waals surface area (Å²) in [5.74, 6) is 2.99. The van der Waals surface area contributed by atoms with Gasteiger partial charge in [0, 0.05) is 31.6 Å². The fourth-order valence-electron chi connectivity index (χ4n) is 2.51. The van der Waals surface area contributed by atoms with Gasteiger partial charge in [-0.15, -0.1) is 0 Å². The first kappa shape index (κ1) is 16.0. The molecule has 1 aliphatic heterocycles. The summed E-state index contributed by atoms with van der Waals surface area (Å²) in [7, 11) is -2.91. The summed E-state index contributed by atoms with van der Waals surface area (Å²) in [5.41, 5.74) is 0.994. The summed E-state index contributed by atoms with van der Waals surface area (Å²) in [6, 6.07) is 0. The molecule has 0 aromatic carbocycles. The van der Waals surface area contributed by atoms with Gasteiger partial charge in [0.1, 0.15) is 17.5 Å². The number of sulfone groups is 1. The highest BCUT2D eigenvalue weighted by molar-refractivity contribution is 7.91. The van der Waals surface area contributed by atoms with Crippen LogP contribution in [0.25, 0.3) is 0 Å². The second kappa shape index (κ2) is 6.60. The van der Waals surface area contributed by atoms with Crippen molar-refractivity contribution in [2.45, 2.75) is 33.6 Å². The van der Waals surface area contributed by atoms with Gasteiger partial charge in [-0.1, -0.05) is 6.92 Å². The third-order valence-corrected chi connectivity index (χ3v) is 5.40. The largest absolute Gasteiger partial charge is 0.370 e. The van der Waals surface area contributed by atoms with Crippen molar-refractivity contribution in [1.82, 2.24) is 9.97 Å². The molecule has 1 aliphatic rings. The van der Waals surface area contributed by atoms with Crippen LogP contribution in [0.5, 0.6) is 0 Å². The summed E-state index contributed by atoms with van der Waals surface area (Å²) in [5, 5.41) is 3.27. The van der Waals surface area contributed by atoms with Crippen LogP contribution >= 0.6 is 0 Å². The molecule has 0 unspecified atom stereocenters. The van der Waals surface area contributed by atoms with E-state index in [1.54, 1.807) is 0 Å². The first-order valence-electron chi connectivity index (χ1n) is 7.53. The van der Waals surface area contributed by atoms with E-state index in [0.717, 1.165) is 42.5 Å². The zero-order valence-electron chi connectivity index (χ0n) is 13.0. The van der Waals surface area contributed by atoms with Gasteiger partial charge in [0.25, 0.3) is 0 Å². The quantitative estimate of drug-likeness (QED) is 0.906. The first-order valence-corrected chi connectivity index (χ1v) is 9.35. The Morgan fingerprint density at radius 2 is 1.95 bits per heavy atom. The summed E-state index contributed by atoms with van der Waals surface area (Å²) < 4.78 is 23.5. The molecule has 0 radical (unpaired) electrons. The van der Waals surface area contributed by atoms with Crippen LogP contribution in [-0.4, -0.2) is 49.5 Å². The Morgan fingerprint density at radius 1 is 1.19 bits per heavy atom. The highest BCUT2D eigenvalue weighted by atomic mass is 32.2. The average Bonchev–Trinajstić information content (AvgIpc) is 2.62. The Hall–Kier alpha value is -1.37. The van der Waals surface area contributed by atoms with Crippen molar-refractivity contribution in [3.05, 3.63) is 11.4 Å². The van der Waals surface area contributed by atoms with Gasteiger partial charge in [0.2, 0.25) is 0 Å². The SMILES string of the molecule is CCNc1nc(CC)nc(N2CCCS(=O)(=O)CC2)c1C. The van der Waals surface area contributed by atoms with Gasteiger partial charge in [0.05, 0.1) is 11.5 Å². The van der Waals surface area contributed by atoms with Crippen molar-refractivity contribution in [3.63, 3.8) is 0 Å². The van der Waals surface area contributed by atoms with Gasteiger partial charge in [-0.2, -0.15) is 0 Å². The number of nitrogens with zero attached hydrogens (tertiary/aromatic N) is 3. The van der Waals surface area contributed by atoms with Crippen molar-refractivity contribution in [3.8, 4) is 0 Å². The number of hydrogen-bond donors (Lipinski definition) is 1. The number of aromatic nitrogens is 2. The highest BCUT2D eigenvalue weighted by Crippen LogP contribution is 2.25. The fourth-order valence-corrected chi connectivity index (χ4v) is 3.78. The predicted molar refractivity (Wildman–Crippen MR) is 85.8 cm³/mol. The zero-order valence-corrected chi connectivity index (χ0v) is 13.8. The van der Waals surface area contributed by atoms with Crippen LogP contribution in [-0.2, 0) is 16.3 Å². The molecular formula is C14H24N4O2S. The van der Waals surface area contributed by atoms with Crippen LogP contribution in [0.1, 0.15) is 31.7 Å². The molecule has 1 saturated heterocycles. The minimum atomic E-state index is -2.91. The maximum Gasteiger partial charge on any atom is 0.152 e. The molecule has 7 heteroatoms. The van der Waals surface area contributed by atoms with E-state index in [0.29, 0.717) is 13.0 Å². The lowest BCUT2D eigenvalue weighted by atomic mass is 10.2. The third-order valence-electron chi connectivity index (χ3n) is 3.68. The number of rotatable bonds is 4. The van der Waals surface area contributed by atoms with Crippen molar-refractivity contribution in [1.29, 1.82) is 0 Å². The van der Waals surface area contributed by atoms with E-state index in [2.05, 4.69) is 20.2 Å². The Balaban J connectivity index is 2.35. The summed E-state index contributed by atoms with van der Waals surface area (Å²) in [6.07, 6.45) is 1.42. The number of aryl methyl sites for hydroxylation is 1. The third kappa shape index (κ3) is 3.84. The average molecular weight is 312 g/mol. The smallest absolute Gasteiger partial charge is 0.152 e. The Labute approximate surface area is 126 Å². The molecule has 0 spiro atoms. The van der Waals surface area contributed by atoms with Crippen LogP contribution < -0.4 is 10.2 Å². The van der Waals surface area contributed by atoms with E-state index < -0.39 is 9.84 Å². The van der Waals surface area contributed by atoms with Gasteiger partial charge in [0.15, 0.2) is 9.84 Å². The molecule has 0 bridgehead atoms. The van der Waals surface area contributed by atoms with Crippen LogP contribution in [0.15, 0.2) is 0 Å². The summed E-state index contributed by atoms with van der Waals surface area (Å²) in [4.78, 5) is 11.2. The van der Waals surface area contributed by atoms with Gasteiger partial charge >= 0.3 is 0 Å². The van der Waals surface area contributed by atoms with Crippen LogP contribution in [0.4, 0.5) is 11.6 Å². The van der Waals surface area contributed by atoms with E-state index in [1.165, 1.54) is 0 Å². The molecule has 2 rings (SSSR count). The molecule has 1 aromatic heterocycles. The topological polar surface area (TPSA) is 75.2 Å². The number of anilines is 2. The molecule has 1 aromatic rings. The van der Waals surface area contributed by atoms with Gasteiger partial charge < -0.3 is 10.2 Å². The highest BCUT2D eigenvalue weighted by Gasteiger charge is 2.22. The number of hydrogen-bond acceptors (Lipinski definition) is 6. The second-order valence-electron chi connectivity index (χ2n) is 5.31. The molecule has 0 aliphatic carbocycles. The molecule has 0 saturated carbocycles. The minimum Gasteiger partial charge on any atom is -0.370 e. The minimum absolute atomic E-state index is 0.203. The van der Waals surface area contributed by atoms with Crippen molar-refractivity contribution in [2.75, 3.05) is 41.4 Å². The first-order chi connectivity index (χ1) is 9.96. The molecule has 0 atom stereocenters. The molecule has 6 nitrogen and oxygen atoms in total. The Kier molecular flexibility index (Phi) is 5.03. The molecule has 2 heterocycles. The van der Waals surface area contributed by atoms with E-state index >= 15 is 0 Å². The maximum absolute atomic E-state index is 11.8. The number of nitrogens with one attached hydrogen (secondary N) is 1. The zero-order chi connectivity index (χ0) is 15.5. The van der Waals surface area contributed by atoms with Gasteiger partial charge in [-0.3, -0.25) is 0 Å². The second-order valence-corrected chi connectivity index (χ2v) is 7.62. The Morgan fingerprint density at radius 3 is 2.62 bits per heavy atom. The molecule has 21 heavy (non-hydrogen) atoms. The van der Waals surface area contributed by atoms with Crippen LogP contribution in [0, 0.1) is 6.92 Å². The summed E-state index contributed by atoms with van der Waals surface area (Å²) >= 11 is 0. The van der Waals surface area contributed by atoms with Gasteiger partial charge in [-0.05, 0) is 20.3 Å². The van der Waals surface area contributed by atoms with E-state index in [4.69, 9.17) is 0 Å². The van der Waals surface area contributed by atoms with E-state index in [9.17, 15) is 8.42 Å². The van der Waals surface area contributed by atoms with Crippen molar-refractivity contribution >= 4 is 21.5 Å². The van der Waals surface area contributed by atoms with Crippen LogP contribution in [0.3, 0.4) is 0 Å². The Bertz CT molecular complexity index is 601.